The third kappa shape index (κ3) is 3.80. The molecule has 0 atom stereocenters. The monoisotopic (exact) mass is 404 g/mol. The highest BCUT2D eigenvalue weighted by Crippen LogP contribution is 2.28. The van der Waals surface area contributed by atoms with Crippen LogP contribution in [0.5, 0.6) is 5.75 Å². The summed E-state index contributed by atoms with van der Waals surface area (Å²) in [7, 11) is 0. The number of nitrogens with zero attached hydrogens (tertiary/aromatic N) is 1. The minimum atomic E-state index is -0.487. The van der Waals surface area contributed by atoms with E-state index in [1.165, 1.54) is 0 Å². The van der Waals surface area contributed by atoms with E-state index in [0.717, 1.165) is 9.37 Å². The highest BCUT2D eigenvalue weighted by molar-refractivity contribution is 9.11. The number of amides is 3. The summed E-state index contributed by atoms with van der Waals surface area (Å²) in [6.07, 6.45) is 0. The fraction of sp³-hybridized carbons (Fsp3) is 0.250. The lowest BCUT2D eigenvalue weighted by Gasteiger charge is -2.25. The summed E-state index contributed by atoms with van der Waals surface area (Å²) in [4.78, 5) is 35.4. The van der Waals surface area contributed by atoms with Crippen LogP contribution in [0.1, 0.15) is 0 Å². The number of rotatable bonds is 3. The summed E-state index contributed by atoms with van der Waals surface area (Å²) < 4.78 is 6.95. The summed E-state index contributed by atoms with van der Waals surface area (Å²) in [6, 6.07) is 5.27. The molecule has 1 aliphatic heterocycles. The second kappa shape index (κ2) is 6.36. The van der Waals surface area contributed by atoms with Crippen molar-refractivity contribution < 1.29 is 19.1 Å². The molecule has 6 nitrogen and oxygen atoms in total. The Balaban J connectivity index is 1.95. The van der Waals surface area contributed by atoms with Gasteiger partial charge in [-0.2, -0.15) is 0 Å². The van der Waals surface area contributed by atoms with Crippen LogP contribution < -0.4 is 10.1 Å². The Morgan fingerprint density at radius 2 is 1.90 bits per heavy atom. The molecular weight excluding hydrogens is 396 g/mol. The first-order chi connectivity index (χ1) is 9.45. The lowest BCUT2D eigenvalue weighted by molar-refractivity contribution is -0.146. The van der Waals surface area contributed by atoms with Gasteiger partial charge >= 0.3 is 0 Å². The molecule has 0 unspecified atom stereocenters. The zero-order chi connectivity index (χ0) is 14.7. The van der Waals surface area contributed by atoms with Gasteiger partial charge in [-0.05, 0) is 34.1 Å². The molecule has 1 aromatic carbocycles. The lowest BCUT2D eigenvalue weighted by Crippen LogP contribution is -2.54. The van der Waals surface area contributed by atoms with Gasteiger partial charge in [-0.3, -0.25) is 19.7 Å². The summed E-state index contributed by atoms with van der Waals surface area (Å²) in [5, 5.41) is 2.13. The Hall–Kier alpha value is -1.41. The predicted molar refractivity (Wildman–Crippen MR) is 77.1 cm³/mol. The molecule has 1 aromatic rings. The maximum Gasteiger partial charge on any atom is 0.261 e. The normalized spacial score (nSPS) is 15.0. The maximum atomic E-state index is 11.9. The molecule has 0 spiro atoms. The topological polar surface area (TPSA) is 75.7 Å². The number of benzene rings is 1. The first kappa shape index (κ1) is 15.0. The van der Waals surface area contributed by atoms with Gasteiger partial charge in [0.25, 0.3) is 5.91 Å². The summed E-state index contributed by atoms with van der Waals surface area (Å²) in [5.74, 6) is -0.879. The van der Waals surface area contributed by atoms with Gasteiger partial charge in [0, 0.05) is 4.47 Å². The highest BCUT2D eigenvalue weighted by atomic mass is 79.9. The van der Waals surface area contributed by atoms with Gasteiger partial charge in [0.2, 0.25) is 11.8 Å². The molecule has 0 saturated carbocycles. The highest BCUT2D eigenvalue weighted by Gasteiger charge is 2.26. The minimum Gasteiger partial charge on any atom is -0.483 e. The van der Waals surface area contributed by atoms with Gasteiger partial charge < -0.3 is 9.64 Å². The summed E-state index contributed by atoms with van der Waals surface area (Å²) in [5.41, 5.74) is 0. The maximum absolute atomic E-state index is 11.9. The average Bonchev–Trinajstić information content (AvgIpc) is 2.36. The molecule has 1 heterocycles. The van der Waals surface area contributed by atoms with Crippen LogP contribution in [0.25, 0.3) is 0 Å². The second-order valence-electron chi connectivity index (χ2n) is 4.08. The van der Waals surface area contributed by atoms with E-state index in [1.54, 1.807) is 18.2 Å². The molecule has 1 fully saturated rings. The zero-order valence-corrected chi connectivity index (χ0v) is 13.4. The number of hydrogen-bond donors (Lipinski definition) is 1. The Morgan fingerprint density at radius 3 is 2.50 bits per heavy atom. The standard InChI is InChI=1S/C12H10Br2N2O4/c13-7-1-2-9(8(14)3-7)20-6-12(19)16-4-10(17)15-11(18)5-16/h1-3H,4-6H2,(H,15,17,18). The number of nitrogens with one attached hydrogen (secondary N) is 1. The molecule has 1 N–H and O–H groups in total. The number of imide groups is 1. The van der Waals surface area contributed by atoms with E-state index in [0.29, 0.717) is 10.2 Å². The molecule has 1 saturated heterocycles. The van der Waals surface area contributed by atoms with E-state index in [9.17, 15) is 14.4 Å². The molecular formula is C12H10Br2N2O4. The van der Waals surface area contributed by atoms with Crippen LogP contribution in [-0.4, -0.2) is 42.3 Å². The van der Waals surface area contributed by atoms with Crippen molar-refractivity contribution in [2.24, 2.45) is 0 Å². The van der Waals surface area contributed by atoms with Crippen LogP contribution in [0, 0.1) is 0 Å². The molecule has 0 bridgehead atoms. The van der Waals surface area contributed by atoms with Gasteiger partial charge in [-0.25, -0.2) is 0 Å². The number of piperazine rings is 1. The van der Waals surface area contributed by atoms with Gasteiger partial charge in [0.15, 0.2) is 6.61 Å². The van der Waals surface area contributed by atoms with Crippen molar-refractivity contribution in [3.63, 3.8) is 0 Å². The number of hydrogen-bond acceptors (Lipinski definition) is 4. The lowest BCUT2D eigenvalue weighted by atomic mass is 10.3. The third-order valence-corrected chi connectivity index (χ3v) is 3.66. The van der Waals surface area contributed by atoms with E-state index in [4.69, 9.17) is 4.74 Å². The Labute approximate surface area is 131 Å². The van der Waals surface area contributed by atoms with Crippen molar-refractivity contribution in [2.75, 3.05) is 19.7 Å². The van der Waals surface area contributed by atoms with E-state index in [-0.39, 0.29) is 19.7 Å². The van der Waals surface area contributed by atoms with E-state index < -0.39 is 17.7 Å². The van der Waals surface area contributed by atoms with Crippen molar-refractivity contribution in [3.05, 3.63) is 27.1 Å². The van der Waals surface area contributed by atoms with Crippen LogP contribution in [0.2, 0.25) is 0 Å². The Kier molecular flexibility index (Phi) is 4.77. The number of ether oxygens (including phenoxy) is 1. The van der Waals surface area contributed by atoms with Crippen LogP contribution >= 0.6 is 31.9 Å². The van der Waals surface area contributed by atoms with Crippen molar-refractivity contribution in [2.45, 2.75) is 0 Å². The smallest absolute Gasteiger partial charge is 0.261 e. The second-order valence-corrected chi connectivity index (χ2v) is 5.85. The molecule has 106 valence electrons. The van der Waals surface area contributed by atoms with Gasteiger partial charge in [-0.15, -0.1) is 0 Å². The molecule has 1 aliphatic rings. The van der Waals surface area contributed by atoms with Crippen LogP contribution in [0.4, 0.5) is 0 Å². The van der Waals surface area contributed by atoms with Gasteiger partial charge in [0.05, 0.1) is 4.47 Å². The molecule has 2 rings (SSSR count). The van der Waals surface area contributed by atoms with E-state index in [2.05, 4.69) is 37.2 Å². The Bertz CT molecular complexity index is 561. The average molecular weight is 406 g/mol. The molecule has 0 aliphatic carbocycles. The van der Waals surface area contributed by atoms with Crippen LogP contribution in [0.3, 0.4) is 0 Å². The van der Waals surface area contributed by atoms with Crippen molar-refractivity contribution in [3.8, 4) is 5.75 Å². The summed E-state index contributed by atoms with van der Waals surface area (Å²) >= 11 is 6.62. The van der Waals surface area contributed by atoms with Gasteiger partial charge in [-0.1, -0.05) is 15.9 Å². The number of halogens is 2. The summed E-state index contributed by atoms with van der Waals surface area (Å²) in [6.45, 7) is -0.494. The quantitative estimate of drug-likeness (QED) is 0.763. The van der Waals surface area contributed by atoms with Crippen LogP contribution in [-0.2, 0) is 14.4 Å². The van der Waals surface area contributed by atoms with Crippen molar-refractivity contribution >= 4 is 49.6 Å². The fourth-order valence-electron chi connectivity index (χ4n) is 1.64. The molecule has 0 aromatic heterocycles. The zero-order valence-electron chi connectivity index (χ0n) is 10.2. The Morgan fingerprint density at radius 1 is 1.25 bits per heavy atom. The molecule has 8 heteroatoms. The van der Waals surface area contributed by atoms with Crippen LogP contribution in [0.15, 0.2) is 27.1 Å². The fourth-order valence-corrected chi connectivity index (χ4v) is 2.80. The van der Waals surface area contributed by atoms with Gasteiger partial charge in [0.1, 0.15) is 18.8 Å². The first-order valence-corrected chi connectivity index (χ1v) is 7.22. The SMILES string of the molecule is O=C1CN(C(=O)COc2ccc(Br)cc2Br)CC(=O)N1. The minimum absolute atomic E-state index is 0.130. The van der Waals surface area contributed by atoms with E-state index >= 15 is 0 Å². The van der Waals surface area contributed by atoms with Crippen molar-refractivity contribution in [1.29, 1.82) is 0 Å². The molecule has 0 radical (unpaired) electrons. The first-order valence-electron chi connectivity index (χ1n) is 5.64. The largest absolute Gasteiger partial charge is 0.483 e. The number of carbonyl (C=O) groups is 3. The molecule has 3 amide bonds. The third-order valence-electron chi connectivity index (χ3n) is 2.55. The predicted octanol–water partition coefficient (Wildman–Crippen LogP) is 1.08. The molecule has 20 heavy (non-hydrogen) atoms. The van der Waals surface area contributed by atoms with Crippen molar-refractivity contribution in [1.82, 2.24) is 10.2 Å². The number of carbonyl (C=O) groups excluding carboxylic acids is 3. The van der Waals surface area contributed by atoms with E-state index in [1.807, 2.05) is 0 Å².